The van der Waals surface area contributed by atoms with Crippen molar-refractivity contribution in [2.24, 2.45) is 0 Å². The minimum Gasteiger partial charge on any atom is -0.468 e. The molecule has 0 amide bonds. The second-order valence-corrected chi connectivity index (χ2v) is 5.13. The Morgan fingerprint density at radius 1 is 1.21 bits per heavy atom. The molecule has 1 aromatic rings. The number of nitrogens with zero attached hydrogens (tertiary/aromatic N) is 1. The standard InChI is InChI=1S/C16H23NO2/c1-4-12-8-14-6-7-17(11-16(18)19-3)10-15(14)9-13(12)5-2/h8-9H,4-7,10-11H2,1-3H3. The number of ether oxygens (including phenoxy) is 1. The number of rotatable bonds is 4. The molecule has 0 spiro atoms. The Balaban J connectivity index is 2.18. The van der Waals surface area contributed by atoms with Gasteiger partial charge in [0.1, 0.15) is 0 Å². The minimum absolute atomic E-state index is 0.149. The topological polar surface area (TPSA) is 29.5 Å². The number of fused-ring (bicyclic) bond motifs is 1. The molecule has 104 valence electrons. The van der Waals surface area contributed by atoms with Gasteiger partial charge >= 0.3 is 5.97 Å². The molecule has 0 unspecified atom stereocenters. The van der Waals surface area contributed by atoms with Crippen molar-refractivity contribution in [3.05, 3.63) is 34.4 Å². The summed E-state index contributed by atoms with van der Waals surface area (Å²) in [5.74, 6) is -0.149. The van der Waals surface area contributed by atoms with Gasteiger partial charge in [0.2, 0.25) is 0 Å². The van der Waals surface area contributed by atoms with Gasteiger partial charge in [-0.1, -0.05) is 26.0 Å². The maximum absolute atomic E-state index is 11.4. The third-order valence-corrected chi connectivity index (χ3v) is 3.96. The van der Waals surface area contributed by atoms with Gasteiger partial charge in [0.15, 0.2) is 0 Å². The van der Waals surface area contributed by atoms with Gasteiger partial charge in [-0.05, 0) is 41.5 Å². The third kappa shape index (κ3) is 3.16. The van der Waals surface area contributed by atoms with Gasteiger partial charge in [0.25, 0.3) is 0 Å². The lowest BCUT2D eigenvalue weighted by molar-refractivity contribution is -0.142. The maximum Gasteiger partial charge on any atom is 0.319 e. The Morgan fingerprint density at radius 2 is 1.84 bits per heavy atom. The van der Waals surface area contributed by atoms with E-state index in [4.69, 9.17) is 4.74 Å². The fourth-order valence-electron chi connectivity index (χ4n) is 2.81. The minimum atomic E-state index is -0.149. The Hall–Kier alpha value is -1.35. The van der Waals surface area contributed by atoms with E-state index in [2.05, 4.69) is 30.9 Å². The Bertz CT molecular complexity index is 468. The number of esters is 1. The van der Waals surface area contributed by atoms with Crippen molar-refractivity contribution in [1.29, 1.82) is 0 Å². The molecule has 0 saturated carbocycles. The Labute approximate surface area is 115 Å². The first-order chi connectivity index (χ1) is 9.17. The van der Waals surface area contributed by atoms with E-state index in [0.29, 0.717) is 6.54 Å². The smallest absolute Gasteiger partial charge is 0.319 e. The predicted octanol–water partition coefficient (Wildman–Crippen LogP) is 2.34. The SMILES string of the molecule is CCc1cc2c(cc1CC)CN(CC(=O)OC)CC2. The summed E-state index contributed by atoms with van der Waals surface area (Å²) in [6, 6.07) is 4.70. The average molecular weight is 261 g/mol. The lowest BCUT2D eigenvalue weighted by Gasteiger charge is -2.29. The molecule has 0 N–H and O–H groups in total. The molecule has 1 aromatic carbocycles. The van der Waals surface area contributed by atoms with Crippen molar-refractivity contribution in [2.45, 2.75) is 39.7 Å². The van der Waals surface area contributed by atoms with E-state index in [9.17, 15) is 4.79 Å². The molecule has 1 aliphatic rings. The van der Waals surface area contributed by atoms with Gasteiger partial charge in [-0.25, -0.2) is 0 Å². The number of aryl methyl sites for hydroxylation is 2. The van der Waals surface area contributed by atoms with E-state index in [1.165, 1.54) is 29.4 Å². The van der Waals surface area contributed by atoms with E-state index in [-0.39, 0.29) is 5.97 Å². The molecule has 19 heavy (non-hydrogen) atoms. The molecule has 0 saturated heterocycles. The highest BCUT2D eigenvalue weighted by atomic mass is 16.5. The molecule has 2 rings (SSSR count). The average Bonchev–Trinajstić information content (AvgIpc) is 2.45. The molecule has 3 nitrogen and oxygen atoms in total. The van der Waals surface area contributed by atoms with Crippen LogP contribution in [0.15, 0.2) is 12.1 Å². The lowest BCUT2D eigenvalue weighted by Crippen LogP contribution is -2.35. The molecule has 1 aliphatic heterocycles. The first-order valence-corrected chi connectivity index (χ1v) is 7.10. The van der Waals surface area contributed by atoms with E-state index in [1.807, 2.05) is 0 Å². The number of benzene rings is 1. The van der Waals surface area contributed by atoms with Crippen LogP contribution >= 0.6 is 0 Å². The van der Waals surface area contributed by atoms with Crippen LogP contribution < -0.4 is 0 Å². The molecule has 0 aliphatic carbocycles. The predicted molar refractivity (Wildman–Crippen MR) is 76.2 cm³/mol. The number of hydrogen-bond acceptors (Lipinski definition) is 3. The summed E-state index contributed by atoms with van der Waals surface area (Å²) >= 11 is 0. The van der Waals surface area contributed by atoms with Gasteiger partial charge in [-0.15, -0.1) is 0 Å². The quantitative estimate of drug-likeness (QED) is 0.779. The maximum atomic E-state index is 11.4. The zero-order chi connectivity index (χ0) is 13.8. The van der Waals surface area contributed by atoms with Crippen LogP contribution in [0.1, 0.15) is 36.1 Å². The van der Waals surface area contributed by atoms with E-state index in [1.54, 1.807) is 0 Å². The second-order valence-electron chi connectivity index (χ2n) is 5.13. The van der Waals surface area contributed by atoms with Crippen LogP contribution in [0.5, 0.6) is 0 Å². The van der Waals surface area contributed by atoms with Crippen LogP contribution in [-0.4, -0.2) is 31.1 Å². The van der Waals surface area contributed by atoms with Gasteiger partial charge in [-0.3, -0.25) is 9.69 Å². The summed E-state index contributed by atoms with van der Waals surface area (Å²) in [6.45, 7) is 6.62. The molecule has 0 aromatic heterocycles. The van der Waals surface area contributed by atoms with Gasteiger partial charge < -0.3 is 4.74 Å². The normalized spacial score (nSPS) is 15.1. The van der Waals surface area contributed by atoms with Crippen LogP contribution in [0, 0.1) is 0 Å². The summed E-state index contributed by atoms with van der Waals surface area (Å²) in [7, 11) is 1.45. The first kappa shape index (κ1) is 14.1. The van der Waals surface area contributed by atoms with Crippen molar-refractivity contribution >= 4 is 5.97 Å². The number of carbonyl (C=O) groups excluding carboxylic acids is 1. The molecule has 0 radical (unpaired) electrons. The molecule has 0 atom stereocenters. The largest absolute Gasteiger partial charge is 0.468 e. The van der Waals surface area contributed by atoms with E-state index in [0.717, 1.165) is 32.4 Å². The number of methoxy groups -OCH3 is 1. The van der Waals surface area contributed by atoms with Gasteiger partial charge in [-0.2, -0.15) is 0 Å². The summed E-state index contributed by atoms with van der Waals surface area (Å²) in [4.78, 5) is 13.5. The summed E-state index contributed by atoms with van der Waals surface area (Å²) in [6.07, 6.45) is 3.21. The number of hydrogen-bond donors (Lipinski definition) is 0. The van der Waals surface area contributed by atoms with Crippen molar-refractivity contribution in [1.82, 2.24) is 4.90 Å². The highest BCUT2D eigenvalue weighted by Crippen LogP contribution is 2.24. The second kappa shape index (κ2) is 6.20. The molecule has 0 bridgehead atoms. The zero-order valence-electron chi connectivity index (χ0n) is 12.2. The third-order valence-electron chi connectivity index (χ3n) is 3.96. The van der Waals surface area contributed by atoms with Crippen molar-refractivity contribution in [3.63, 3.8) is 0 Å². The molecular formula is C16H23NO2. The first-order valence-electron chi connectivity index (χ1n) is 7.10. The Morgan fingerprint density at radius 3 is 2.42 bits per heavy atom. The fourth-order valence-corrected chi connectivity index (χ4v) is 2.81. The monoisotopic (exact) mass is 261 g/mol. The zero-order valence-corrected chi connectivity index (χ0v) is 12.2. The highest BCUT2D eigenvalue weighted by Gasteiger charge is 2.19. The van der Waals surface area contributed by atoms with E-state index >= 15 is 0 Å². The van der Waals surface area contributed by atoms with Crippen LogP contribution in [0.3, 0.4) is 0 Å². The van der Waals surface area contributed by atoms with Gasteiger partial charge in [0, 0.05) is 13.1 Å². The molecule has 3 heteroatoms. The van der Waals surface area contributed by atoms with Crippen molar-refractivity contribution in [2.75, 3.05) is 20.2 Å². The Kier molecular flexibility index (Phi) is 4.59. The fraction of sp³-hybridized carbons (Fsp3) is 0.562. The number of carbonyl (C=O) groups is 1. The molecule has 0 fully saturated rings. The van der Waals surface area contributed by atoms with E-state index < -0.39 is 0 Å². The summed E-state index contributed by atoms with van der Waals surface area (Å²) in [5.41, 5.74) is 5.75. The van der Waals surface area contributed by atoms with Crippen molar-refractivity contribution in [3.8, 4) is 0 Å². The molecule has 1 heterocycles. The van der Waals surface area contributed by atoms with Crippen LogP contribution in [-0.2, 0) is 35.3 Å². The highest BCUT2D eigenvalue weighted by molar-refractivity contribution is 5.71. The van der Waals surface area contributed by atoms with Gasteiger partial charge in [0.05, 0.1) is 13.7 Å². The van der Waals surface area contributed by atoms with Crippen LogP contribution in [0.25, 0.3) is 0 Å². The van der Waals surface area contributed by atoms with Crippen LogP contribution in [0.4, 0.5) is 0 Å². The summed E-state index contributed by atoms with van der Waals surface area (Å²) in [5, 5.41) is 0. The summed E-state index contributed by atoms with van der Waals surface area (Å²) < 4.78 is 4.74. The lowest BCUT2D eigenvalue weighted by atomic mass is 9.91. The molecular weight excluding hydrogens is 238 g/mol. The van der Waals surface area contributed by atoms with Crippen molar-refractivity contribution < 1.29 is 9.53 Å². The van der Waals surface area contributed by atoms with Crippen LogP contribution in [0.2, 0.25) is 0 Å².